The molecule has 3 aliphatic carbocycles. The zero-order valence-corrected chi connectivity index (χ0v) is 24.4. The van der Waals surface area contributed by atoms with Crippen LogP contribution in [0, 0.1) is 17.3 Å². The van der Waals surface area contributed by atoms with Crippen molar-refractivity contribution < 1.29 is 14.7 Å². The highest BCUT2D eigenvalue weighted by Crippen LogP contribution is 2.45. The second kappa shape index (κ2) is 11.9. The SMILES string of the molecule is CC1CCC(C(=O)N(c2cc(C3=CCC(C)(C)CC3)sc2C(=O)O)C2CCC(n3cncn3)CC2)CC1.Cl. The third-order valence-electron chi connectivity index (χ3n) is 8.90. The average Bonchev–Trinajstić information content (AvgIpc) is 3.56. The first-order valence-corrected chi connectivity index (χ1v) is 14.8. The highest BCUT2D eigenvalue weighted by Gasteiger charge is 2.38. The summed E-state index contributed by atoms with van der Waals surface area (Å²) in [4.78, 5) is 34.0. The summed E-state index contributed by atoms with van der Waals surface area (Å²) >= 11 is 1.35. The van der Waals surface area contributed by atoms with Gasteiger partial charge in [-0.1, -0.05) is 26.8 Å². The molecule has 2 fully saturated rings. The minimum atomic E-state index is -0.936. The normalized spacial score (nSPS) is 27.2. The lowest BCUT2D eigenvalue weighted by atomic mass is 9.78. The van der Waals surface area contributed by atoms with Crippen molar-refractivity contribution >= 4 is 46.9 Å². The van der Waals surface area contributed by atoms with Gasteiger partial charge in [-0.2, -0.15) is 5.10 Å². The molecule has 0 saturated heterocycles. The molecule has 9 heteroatoms. The van der Waals surface area contributed by atoms with Crippen molar-refractivity contribution in [2.75, 3.05) is 4.90 Å². The van der Waals surface area contributed by atoms with Crippen LogP contribution in [0.25, 0.3) is 5.57 Å². The molecule has 0 radical (unpaired) electrons. The largest absolute Gasteiger partial charge is 0.477 e. The molecule has 2 aromatic heterocycles. The van der Waals surface area contributed by atoms with E-state index < -0.39 is 5.97 Å². The number of nitrogens with zero attached hydrogens (tertiary/aromatic N) is 4. The molecule has 0 aromatic carbocycles. The Balaban J connectivity index is 0.00000336. The van der Waals surface area contributed by atoms with Gasteiger partial charge in [0.15, 0.2) is 0 Å². The number of carbonyl (C=O) groups excluding carboxylic acids is 1. The molecule has 5 rings (SSSR count). The maximum absolute atomic E-state index is 14.2. The maximum Gasteiger partial charge on any atom is 0.348 e. The Morgan fingerprint density at radius 2 is 1.82 bits per heavy atom. The maximum atomic E-state index is 14.2. The van der Waals surface area contributed by atoms with E-state index in [0.29, 0.717) is 16.5 Å². The minimum absolute atomic E-state index is 0. The van der Waals surface area contributed by atoms with E-state index in [1.54, 1.807) is 12.7 Å². The van der Waals surface area contributed by atoms with Crippen molar-refractivity contribution in [3.8, 4) is 0 Å². The molecule has 0 bridgehead atoms. The zero-order chi connectivity index (χ0) is 26.2. The Hall–Kier alpha value is -2.19. The second-order valence-electron chi connectivity index (χ2n) is 12.2. The topological polar surface area (TPSA) is 88.3 Å². The van der Waals surface area contributed by atoms with Crippen LogP contribution in [-0.4, -0.2) is 37.8 Å². The number of carboxylic acid groups (broad SMARTS) is 1. The van der Waals surface area contributed by atoms with Crippen LogP contribution in [0.1, 0.15) is 112 Å². The zero-order valence-electron chi connectivity index (χ0n) is 22.8. The highest BCUT2D eigenvalue weighted by atomic mass is 35.5. The molecule has 38 heavy (non-hydrogen) atoms. The number of hydrogen-bond acceptors (Lipinski definition) is 5. The number of aromatic carboxylic acids is 1. The summed E-state index contributed by atoms with van der Waals surface area (Å²) in [6.07, 6.45) is 16.0. The van der Waals surface area contributed by atoms with Crippen LogP contribution in [0.5, 0.6) is 0 Å². The molecule has 0 unspecified atom stereocenters. The molecule has 208 valence electrons. The third-order valence-corrected chi connectivity index (χ3v) is 10.1. The van der Waals surface area contributed by atoms with Gasteiger partial charge in [0.2, 0.25) is 5.91 Å². The minimum Gasteiger partial charge on any atom is -0.477 e. The predicted molar refractivity (Wildman–Crippen MR) is 154 cm³/mol. The van der Waals surface area contributed by atoms with Gasteiger partial charge in [-0.3, -0.25) is 4.79 Å². The molecule has 1 amide bonds. The number of aromatic nitrogens is 3. The van der Waals surface area contributed by atoms with E-state index in [1.807, 2.05) is 15.6 Å². The summed E-state index contributed by atoms with van der Waals surface area (Å²) in [5.74, 6) is -0.180. The molecule has 2 heterocycles. The molecule has 0 spiro atoms. The van der Waals surface area contributed by atoms with Gasteiger partial charge in [-0.05, 0) is 93.6 Å². The van der Waals surface area contributed by atoms with E-state index in [-0.39, 0.29) is 41.7 Å². The van der Waals surface area contributed by atoms with E-state index in [1.165, 1.54) is 16.9 Å². The summed E-state index contributed by atoms with van der Waals surface area (Å²) in [6.45, 7) is 6.82. The quantitative estimate of drug-likeness (QED) is 0.397. The lowest BCUT2D eigenvalue weighted by molar-refractivity contribution is -0.124. The predicted octanol–water partition coefficient (Wildman–Crippen LogP) is 7.40. The number of thiophene rings is 1. The summed E-state index contributed by atoms with van der Waals surface area (Å²) in [7, 11) is 0. The number of anilines is 1. The Morgan fingerprint density at radius 1 is 1.11 bits per heavy atom. The molecule has 3 aliphatic rings. The first kappa shape index (κ1) is 28.8. The number of allylic oxidation sites excluding steroid dienone is 2. The molecule has 1 N–H and O–H groups in total. The average molecular weight is 561 g/mol. The lowest BCUT2D eigenvalue weighted by Crippen LogP contribution is -2.46. The van der Waals surface area contributed by atoms with E-state index in [4.69, 9.17) is 0 Å². The van der Waals surface area contributed by atoms with Gasteiger partial charge < -0.3 is 10.0 Å². The van der Waals surface area contributed by atoms with Crippen molar-refractivity contribution in [2.45, 2.75) is 103 Å². The van der Waals surface area contributed by atoms with Crippen LogP contribution in [0.4, 0.5) is 5.69 Å². The summed E-state index contributed by atoms with van der Waals surface area (Å²) in [5, 5.41) is 14.6. The van der Waals surface area contributed by atoms with Crippen LogP contribution < -0.4 is 4.90 Å². The standard InChI is InChI=1S/C29H40N4O3S.ClH/c1-19-4-6-21(7-5-19)27(34)33(23-10-8-22(9-11-23)32-18-30-17-31-32)24-16-25(37-26(24)28(35)36)20-12-14-29(2,3)15-13-20;/h12,16-19,21-23H,4-11,13-15H2,1-3H3,(H,35,36);1H. The fourth-order valence-electron chi connectivity index (χ4n) is 6.36. The molecule has 0 atom stereocenters. The number of amides is 1. The van der Waals surface area contributed by atoms with Crippen molar-refractivity contribution in [2.24, 2.45) is 17.3 Å². The molecular formula is C29H41ClN4O3S. The molecule has 2 aromatic rings. The Bertz CT molecular complexity index is 1140. The second-order valence-corrected chi connectivity index (χ2v) is 13.3. The highest BCUT2D eigenvalue weighted by molar-refractivity contribution is 7.15. The van der Waals surface area contributed by atoms with Crippen molar-refractivity contribution in [1.82, 2.24) is 14.8 Å². The van der Waals surface area contributed by atoms with Crippen LogP contribution in [0.3, 0.4) is 0 Å². The first-order chi connectivity index (χ1) is 17.7. The summed E-state index contributed by atoms with van der Waals surface area (Å²) < 4.78 is 1.92. The van der Waals surface area contributed by atoms with Crippen molar-refractivity contribution in [3.05, 3.63) is 34.6 Å². The molecule has 7 nitrogen and oxygen atoms in total. The van der Waals surface area contributed by atoms with Gasteiger partial charge in [0.05, 0.1) is 11.7 Å². The van der Waals surface area contributed by atoms with E-state index in [9.17, 15) is 14.7 Å². The number of carbonyl (C=O) groups is 2. The molecule has 2 saturated carbocycles. The van der Waals surface area contributed by atoms with Gasteiger partial charge >= 0.3 is 5.97 Å². The summed E-state index contributed by atoms with van der Waals surface area (Å²) in [6, 6.07) is 2.30. The third kappa shape index (κ3) is 6.17. The smallest absolute Gasteiger partial charge is 0.348 e. The van der Waals surface area contributed by atoms with Gasteiger partial charge in [-0.15, -0.1) is 23.7 Å². The van der Waals surface area contributed by atoms with Gasteiger partial charge in [0, 0.05) is 16.8 Å². The Kier molecular flexibility index (Phi) is 9.03. The molecule has 0 aliphatic heterocycles. The lowest BCUT2D eigenvalue weighted by Gasteiger charge is -2.39. The number of rotatable bonds is 6. The van der Waals surface area contributed by atoms with Crippen LogP contribution >= 0.6 is 23.7 Å². The van der Waals surface area contributed by atoms with Crippen molar-refractivity contribution in [3.63, 3.8) is 0 Å². The Labute approximate surface area is 236 Å². The monoisotopic (exact) mass is 560 g/mol. The van der Waals surface area contributed by atoms with Crippen molar-refractivity contribution in [1.29, 1.82) is 0 Å². The summed E-state index contributed by atoms with van der Waals surface area (Å²) in [5.41, 5.74) is 2.13. The first-order valence-electron chi connectivity index (χ1n) is 14.0. The van der Waals surface area contributed by atoms with Crippen LogP contribution in [0.15, 0.2) is 24.8 Å². The number of halogens is 1. The van der Waals surface area contributed by atoms with E-state index >= 15 is 0 Å². The van der Waals surface area contributed by atoms with Gasteiger partial charge in [0.1, 0.15) is 17.5 Å². The fourth-order valence-corrected chi connectivity index (χ4v) is 7.41. The number of carboxylic acids is 1. The van der Waals surface area contributed by atoms with E-state index in [2.05, 4.69) is 36.9 Å². The molecular weight excluding hydrogens is 520 g/mol. The van der Waals surface area contributed by atoms with Gasteiger partial charge in [0.25, 0.3) is 0 Å². The van der Waals surface area contributed by atoms with Crippen LogP contribution in [0.2, 0.25) is 0 Å². The number of hydrogen-bond donors (Lipinski definition) is 1. The van der Waals surface area contributed by atoms with Crippen LogP contribution in [-0.2, 0) is 4.79 Å². The van der Waals surface area contributed by atoms with E-state index in [0.717, 1.165) is 75.5 Å². The fraction of sp³-hybridized carbons (Fsp3) is 0.655. The Morgan fingerprint density at radius 3 is 2.39 bits per heavy atom. The van der Waals surface area contributed by atoms with Gasteiger partial charge in [-0.25, -0.2) is 14.5 Å².